The molecule has 3 rings (SSSR count). The Bertz CT molecular complexity index is 743. The highest BCUT2D eigenvalue weighted by molar-refractivity contribution is 6.16. The number of hydrogen-bond acceptors (Lipinski definition) is 3. The second kappa shape index (κ2) is 4.61. The predicted octanol–water partition coefficient (Wildman–Crippen LogP) is 3.17. The number of nitrogens with zero attached hydrogens (tertiary/aromatic N) is 2. The van der Waals surface area contributed by atoms with E-state index < -0.39 is 0 Å². The van der Waals surface area contributed by atoms with Gasteiger partial charge in [-0.1, -0.05) is 18.2 Å². The molecule has 0 unspecified atom stereocenters. The van der Waals surface area contributed by atoms with E-state index in [4.69, 9.17) is 0 Å². The fourth-order valence-electron chi connectivity index (χ4n) is 2.08. The van der Waals surface area contributed by atoms with Crippen molar-refractivity contribution in [2.75, 3.05) is 0 Å². The van der Waals surface area contributed by atoms with E-state index in [0.717, 1.165) is 16.5 Å². The van der Waals surface area contributed by atoms with Gasteiger partial charge >= 0.3 is 0 Å². The van der Waals surface area contributed by atoms with Gasteiger partial charge in [-0.25, -0.2) is 0 Å². The molecule has 0 bridgehead atoms. The van der Waals surface area contributed by atoms with E-state index in [1.165, 1.54) is 0 Å². The van der Waals surface area contributed by atoms with E-state index in [9.17, 15) is 4.79 Å². The van der Waals surface area contributed by atoms with Crippen LogP contribution < -0.4 is 0 Å². The zero-order chi connectivity index (χ0) is 13.2. The monoisotopic (exact) mass is 248 g/mol. The molecule has 0 aliphatic heterocycles. The van der Waals surface area contributed by atoms with Gasteiger partial charge in [0.05, 0.1) is 0 Å². The Balaban J connectivity index is 2.14. The normalized spacial score (nSPS) is 10.6. The molecule has 0 radical (unpaired) electrons. The van der Waals surface area contributed by atoms with Crippen LogP contribution in [0.3, 0.4) is 0 Å². The maximum absolute atomic E-state index is 12.5. The van der Waals surface area contributed by atoms with Gasteiger partial charge in [0, 0.05) is 40.8 Å². The second-order valence-electron chi connectivity index (χ2n) is 4.42. The lowest BCUT2D eigenvalue weighted by Gasteiger charge is -2.05. The predicted molar refractivity (Wildman–Crippen MR) is 74.1 cm³/mol. The summed E-state index contributed by atoms with van der Waals surface area (Å²) in [7, 11) is 0. The molecule has 2 heterocycles. The van der Waals surface area contributed by atoms with Gasteiger partial charge in [-0.05, 0) is 30.5 Å². The summed E-state index contributed by atoms with van der Waals surface area (Å²) in [4.78, 5) is 20.8. The third kappa shape index (κ3) is 2.10. The van der Waals surface area contributed by atoms with E-state index in [1.54, 1.807) is 18.6 Å². The van der Waals surface area contributed by atoms with Crippen LogP contribution in [0.4, 0.5) is 0 Å². The van der Waals surface area contributed by atoms with Crippen LogP contribution in [0.1, 0.15) is 21.6 Å². The highest BCUT2D eigenvalue weighted by Crippen LogP contribution is 2.20. The van der Waals surface area contributed by atoms with Crippen molar-refractivity contribution in [3.63, 3.8) is 0 Å². The van der Waals surface area contributed by atoms with Crippen LogP contribution >= 0.6 is 0 Å². The van der Waals surface area contributed by atoms with E-state index in [0.29, 0.717) is 11.1 Å². The van der Waals surface area contributed by atoms with Crippen molar-refractivity contribution in [1.82, 2.24) is 9.97 Å². The van der Waals surface area contributed by atoms with Crippen LogP contribution in [-0.4, -0.2) is 15.8 Å². The van der Waals surface area contributed by atoms with Gasteiger partial charge in [0.15, 0.2) is 5.78 Å². The standard InChI is InChI=1S/C16H12N2O/c1-11-5-6-13(10-18-11)16(19)15-4-2-3-12-9-17-8-7-14(12)15/h2-10H,1H3. The number of carbonyl (C=O) groups is 1. The summed E-state index contributed by atoms with van der Waals surface area (Å²) in [6.07, 6.45) is 5.09. The van der Waals surface area contributed by atoms with Gasteiger partial charge in [-0.3, -0.25) is 14.8 Å². The number of fused-ring (bicyclic) bond motifs is 1. The molecular weight excluding hydrogens is 236 g/mol. The highest BCUT2D eigenvalue weighted by atomic mass is 16.1. The number of aryl methyl sites for hydroxylation is 1. The second-order valence-corrected chi connectivity index (χ2v) is 4.42. The van der Waals surface area contributed by atoms with Gasteiger partial charge in [0.1, 0.15) is 0 Å². The summed E-state index contributed by atoms with van der Waals surface area (Å²) >= 11 is 0. The topological polar surface area (TPSA) is 42.9 Å². The lowest BCUT2D eigenvalue weighted by molar-refractivity contribution is 0.104. The smallest absolute Gasteiger partial charge is 0.195 e. The van der Waals surface area contributed by atoms with Crippen molar-refractivity contribution in [2.45, 2.75) is 6.92 Å². The van der Waals surface area contributed by atoms with E-state index in [2.05, 4.69) is 9.97 Å². The van der Waals surface area contributed by atoms with Crippen LogP contribution in [-0.2, 0) is 0 Å². The first-order valence-electron chi connectivity index (χ1n) is 6.06. The van der Waals surface area contributed by atoms with Crippen LogP contribution in [0, 0.1) is 6.92 Å². The molecule has 0 N–H and O–H groups in total. The summed E-state index contributed by atoms with van der Waals surface area (Å²) in [6, 6.07) is 11.2. The first kappa shape index (κ1) is 11.5. The number of rotatable bonds is 2. The molecule has 19 heavy (non-hydrogen) atoms. The average Bonchev–Trinajstić information content (AvgIpc) is 2.47. The third-order valence-electron chi connectivity index (χ3n) is 3.10. The molecule has 0 saturated heterocycles. The summed E-state index contributed by atoms with van der Waals surface area (Å²) < 4.78 is 0. The number of ketones is 1. The lowest BCUT2D eigenvalue weighted by atomic mass is 9.99. The van der Waals surface area contributed by atoms with Crippen molar-refractivity contribution in [2.24, 2.45) is 0 Å². The van der Waals surface area contributed by atoms with Gasteiger partial charge < -0.3 is 0 Å². The maximum Gasteiger partial charge on any atom is 0.195 e. The quantitative estimate of drug-likeness (QED) is 0.654. The molecule has 3 heteroatoms. The Hall–Kier alpha value is -2.55. The number of pyridine rings is 2. The molecule has 0 saturated carbocycles. The van der Waals surface area contributed by atoms with Crippen LogP contribution in [0.15, 0.2) is 55.0 Å². The van der Waals surface area contributed by atoms with Crippen molar-refractivity contribution >= 4 is 16.6 Å². The molecule has 2 aromatic heterocycles. The number of hydrogen-bond donors (Lipinski definition) is 0. The Labute approximate surface area is 111 Å². The minimum Gasteiger partial charge on any atom is -0.289 e. The van der Waals surface area contributed by atoms with E-state index >= 15 is 0 Å². The molecule has 0 aliphatic carbocycles. The molecule has 3 aromatic rings. The molecule has 0 fully saturated rings. The highest BCUT2D eigenvalue weighted by Gasteiger charge is 2.12. The summed E-state index contributed by atoms with van der Waals surface area (Å²) in [5.41, 5.74) is 2.19. The van der Waals surface area contributed by atoms with Crippen LogP contribution in [0.25, 0.3) is 10.8 Å². The summed E-state index contributed by atoms with van der Waals surface area (Å²) in [5, 5.41) is 1.89. The first-order chi connectivity index (χ1) is 9.25. The number of benzene rings is 1. The zero-order valence-electron chi connectivity index (χ0n) is 10.5. The van der Waals surface area contributed by atoms with Crippen molar-refractivity contribution in [3.05, 3.63) is 71.8 Å². The largest absolute Gasteiger partial charge is 0.289 e. The zero-order valence-corrected chi connectivity index (χ0v) is 10.5. The van der Waals surface area contributed by atoms with Gasteiger partial charge in [-0.15, -0.1) is 0 Å². The summed E-state index contributed by atoms with van der Waals surface area (Å²) in [5.74, 6) is -0.00991. The fraction of sp³-hybridized carbons (Fsp3) is 0.0625. The minimum atomic E-state index is -0.00991. The van der Waals surface area contributed by atoms with Crippen molar-refractivity contribution in [1.29, 1.82) is 0 Å². The molecule has 1 aromatic carbocycles. The Morgan fingerprint density at radius 3 is 2.74 bits per heavy atom. The average molecular weight is 248 g/mol. The molecule has 0 spiro atoms. The number of carbonyl (C=O) groups excluding carboxylic acids is 1. The fourth-order valence-corrected chi connectivity index (χ4v) is 2.08. The lowest BCUT2D eigenvalue weighted by Crippen LogP contribution is -2.03. The Morgan fingerprint density at radius 1 is 1.05 bits per heavy atom. The summed E-state index contributed by atoms with van der Waals surface area (Å²) in [6.45, 7) is 1.90. The Morgan fingerprint density at radius 2 is 1.95 bits per heavy atom. The van der Waals surface area contributed by atoms with Crippen LogP contribution in [0.2, 0.25) is 0 Å². The third-order valence-corrected chi connectivity index (χ3v) is 3.10. The molecular formula is C16H12N2O. The maximum atomic E-state index is 12.5. The van der Waals surface area contributed by atoms with Crippen LogP contribution in [0.5, 0.6) is 0 Å². The van der Waals surface area contributed by atoms with Gasteiger partial charge in [-0.2, -0.15) is 0 Å². The molecule has 0 atom stereocenters. The van der Waals surface area contributed by atoms with Crippen molar-refractivity contribution < 1.29 is 4.79 Å². The van der Waals surface area contributed by atoms with Crippen molar-refractivity contribution in [3.8, 4) is 0 Å². The van der Waals surface area contributed by atoms with E-state index in [1.807, 2.05) is 43.3 Å². The van der Waals surface area contributed by atoms with E-state index in [-0.39, 0.29) is 5.78 Å². The van der Waals surface area contributed by atoms with Gasteiger partial charge in [0.2, 0.25) is 0 Å². The van der Waals surface area contributed by atoms with Gasteiger partial charge in [0.25, 0.3) is 0 Å². The molecule has 0 amide bonds. The molecule has 3 nitrogen and oxygen atoms in total. The number of aromatic nitrogens is 2. The molecule has 0 aliphatic rings. The SMILES string of the molecule is Cc1ccc(C(=O)c2cccc3cnccc23)cn1. The Kier molecular flexibility index (Phi) is 2.80. The first-order valence-corrected chi connectivity index (χ1v) is 6.06. The minimum absolute atomic E-state index is 0.00991. The molecule has 92 valence electrons.